The molecular formula is C20H26N4O2. The van der Waals surface area contributed by atoms with Crippen LogP contribution in [-0.2, 0) is 4.74 Å². The molecule has 0 aliphatic heterocycles. The Labute approximate surface area is 154 Å². The van der Waals surface area contributed by atoms with Crippen LogP contribution in [0.3, 0.4) is 0 Å². The van der Waals surface area contributed by atoms with Gasteiger partial charge in [0.1, 0.15) is 17.5 Å². The predicted molar refractivity (Wildman–Crippen MR) is 103 cm³/mol. The van der Waals surface area contributed by atoms with Crippen LogP contribution in [0.4, 0.5) is 17.3 Å². The monoisotopic (exact) mass is 354 g/mol. The first kappa shape index (κ1) is 18.2. The molecule has 0 spiro atoms. The fraction of sp³-hybridized carbons (Fsp3) is 0.450. The fourth-order valence-corrected chi connectivity index (χ4v) is 3.33. The third-order valence-electron chi connectivity index (χ3n) is 4.60. The van der Waals surface area contributed by atoms with Gasteiger partial charge in [-0.1, -0.05) is 31.7 Å². The normalized spacial score (nSPS) is 15.2. The van der Waals surface area contributed by atoms with Crippen molar-refractivity contribution in [2.45, 2.75) is 51.5 Å². The zero-order valence-electron chi connectivity index (χ0n) is 15.4. The maximum absolute atomic E-state index is 11.7. The van der Waals surface area contributed by atoms with E-state index in [1.54, 1.807) is 12.1 Å². The van der Waals surface area contributed by atoms with E-state index in [0.717, 1.165) is 11.5 Å². The van der Waals surface area contributed by atoms with Gasteiger partial charge in [0.2, 0.25) is 0 Å². The first-order valence-electron chi connectivity index (χ1n) is 9.21. The highest BCUT2D eigenvalue weighted by Crippen LogP contribution is 2.23. The van der Waals surface area contributed by atoms with E-state index < -0.39 is 0 Å². The summed E-state index contributed by atoms with van der Waals surface area (Å²) in [7, 11) is 1.38. The molecule has 3 rings (SSSR count). The first-order valence-corrected chi connectivity index (χ1v) is 9.21. The van der Waals surface area contributed by atoms with Gasteiger partial charge in [-0.3, -0.25) is 0 Å². The predicted octanol–water partition coefficient (Wildman–Crippen LogP) is 4.45. The Morgan fingerprint density at radius 2 is 1.81 bits per heavy atom. The Morgan fingerprint density at radius 3 is 2.54 bits per heavy atom. The van der Waals surface area contributed by atoms with Crippen molar-refractivity contribution in [1.82, 2.24) is 9.97 Å². The summed E-state index contributed by atoms with van der Waals surface area (Å²) in [6, 6.07) is 9.57. The summed E-state index contributed by atoms with van der Waals surface area (Å²) in [5, 5.41) is 6.82. The van der Waals surface area contributed by atoms with Crippen molar-refractivity contribution >= 4 is 23.3 Å². The van der Waals surface area contributed by atoms with E-state index in [-0.39, 0.29) is 5.97 Å². The van der Waals surface area contributed by atoms with Crippen LogP contribution in [0, 0.1) is 6.92 Å². The molecule has 1 aliphatic rings. The lowest BCUT2D eigenvalue weighted by molar-refractivity contribution is 0.0601. The number of nitrogens with zero attached hydrogens (tertiary/aromatic N) is 2. The number of benzene rings is 1. The van der Waals surface area contributed by atoms with E-state index in [1.807, 2.05) is 25.1 Å². The lowest BCUT2D eigenvalue weighted by Crippen LogP contribution is -2.19. The van der Waals surface area contributed by atoms with Gasteiger partial charge in [-0.05, 0) is 38.0 Å². The molecule has 1 aromatic carbocycles. The highest BCUT2D eigenvalue weighted by atomic mass is 16.5. The Hall–Kier alpha value is -2.63. The smallest absolute Gasteiger partial charge is 0.337 e. The molecule has 1 aliphatic carbocycles. The summed E-state index contributed by atoms with van der Waals surface area (Å²) in [5.41, 5.74) is 1.28. The van der Waals surface area contributed by atoms with Crippen molar-refractivity contribution in [2.75, 3.05) is 17.7 Å². The van der Waals surface area contributed by atoms with Crippen LogP contribution < -0.4 is 10.6 Å². The number of anilines is 3. The van der Waals surface area contributed by atoms with Crippen LogP contribution in [-0.4, -0.2) is 29.1 Å². The summed E-state index contributed by atoms with van der Waals surface area (Å²) in [4.78, 5) is 20.7. The molecule has 138 valence electrons. The molecule has 6 heteroatoms. The second-order valence-corrected chi connectivity index (χ2v) is 6.72. The molecule has 0 unspecified atom stereocenters. The van der Waals surface area contributed by atoms with Crippen LogP contribution in [0.5, 0.6) is 0 Å². The van der Waals surface area contributed by atoms with Gasteiger partial charge < -0.3 is 15.4 Å². The van der Waals surface area contributed by atoms with Gasteiger partial charge >= 0.3 is 5.97 Å². The highest BCUT2D eigenvalue weighted by molar-refractivity contribution is 5.90. The number of aryl methyl sites for hydroxylation is 1. The number of rotatable bonds is 5. The number of aromatic nitrogens is 2. The van der Waals surface area contributed by atoms with Gasteiger partial charge in [-0.15, -0.1) is 0 Å². The quantitative estimate of drug-likeness (QED) is 0.610. The summed E-state index contributed by atoms with van der Waals surface area (Å²) in [6.45, 7) is 1.88. The fourth-order valence-electron chi connectivity index (χ4n) is 3.33. The molecule has 26 heavy (non-hydrogen) atoms. The van der Waals surface area contributed by atoms with Crippen LogP contribution in [0.15, 0.2) is 30.3 Å². The molecule has 1 aromatic heterocycles. The molecule has 0 atom stereocenters. The molecule has 1 saturated carbocycles. The number of hydrogen-bond acceptors (Lipinski definition) is 6. The van der Waals surface area contributed by atoms with Crippen molar-refractivity contribution in [1.29, 1.82) is 0 Å². The van der Waals surface area contributed by atoms with E-state index in [1.165, 1.54) is 45.6 Å². The molecule has 6 nitrogen and oxygen atoms in total. The number of ether oxygens (including phenoxy) is 1. The zero-order valence-corrected chi connectivity index (χ0v) is 15.4. The second-order valence-electron chi connectivity index (χ2n) is 6.72. The van der Waals surface area contributed by atoms with Crippen LogP contribution in [0.1, 0.15) is 54.7 Å². The Morgan fingerprint density at radius 1 is 1.08 bits per heavy atom. The Bertz CT molecular complexity index is 755. The molecule has 2 N–H and O–H groups in total. The van der Waals surface area contributed by atoms with E-state index in [4.69, 9.17) is 4.74 Å². The molecule has 0 saturated heterocycles. The van der Waals surface area contributed by atoms with E-state index in [9.17, 15) is 4.79 Å². The molecule has 0 bridgehead atoms. The van der Waals surface area contributed by atoms with Gasteiger partial charge in [-0.2, -0.15) is 0 Å². The van der Waals surface area contributed by atoms with Crippen molar-refractivity contribution < 1.29 is 9.53 Å². The van der Waals surface area contributed by atoms with Crippen molar-refractivity contribution in [3.63, 3.8) is 0 Å². The molecule has 2 aromatic rings. The van der Waals surface area contributed by atoms with E-state index >= 15 is 0 Å². The lowest BCUT2D eigenvalue weighted by Gasteiger charge is -2.18. The first-order chi connectivity index (χ1) is 12.6. The van der Waals surface area contributed by atoms with Crippen molar-refractivity contribution in [3.8, 4) is 0 Å². The van der Waals surface area contributed by atoms with Gasteiger partial charge in [0.05, 0.1) is 12.7 Å². The maximum atomic E-state index is 11.7. The highest BCUT2D eigenvalue weighted by Gasteiger charge is 2.13. The lowest BCUT2D eigenvalue weighted by atomic mass is 10.1. The number of carbonyl (C=O) groups excluding carboxylic acids is 1. The minimum Gasteiger partial charge on any atom is -0.465 e. The van der Waals surface area contributed by atoms with E-state index in [2.05, 4.69) is 20.6 Å². The standard InChI is InChI=1S/C20H26N4O2/c1-14-21-18(23-16-9-5-3-4-6-10-16)13-19(22-14)24-17-11-7-8-15(12-17)20(25)26-2/h7-8,11-13,16H,3-6,9-10H2,1-2H3,(H2,21,22,23,24). The second kappa shape index (κ2) is 8.65. The number of hydrogen-bond donors (Lipinski definition) is 2. The van der Waals surface area contributed by atoms with Gasteiger partial charge in [0.15, 0.2) is 0 Å². The topological polar surface area (TPSA) is 76.1 Å². The molecule has 1 heterocycles. The SMILES string of the molecule is COC(=O)c1cccc(Nc2cc(NC3CCCCCC3)nc(C)n2)c1. The minimum absolute atomic E-state index is 0.358. The molecule has 0 amide bonds. The average Bonchev–Trinajstić information content (AvgIpc) is 2.89. The third kappa shape index (κ3) is 4.94. The number of nitrogens with one attached hydrogen (secondary N) is 2. The summed E-state index contributed by atoms with van der Waals surface area (Å²) >= 11 is 0. The average molecular weight is 354 g/mol. The number of esters is 1. The van der Waals surface area contributed by atoms with Crippen LogP contribution >= 0.6 is 0 Å². The Balaban J connectivity index is 1.74. The number of carbonyl (C=O) groups is 1. The maximum Gasteiger partial charge on any atom is 0.337 e. The van der Waals surface area contributed by atoms with Crippen LogP contribution in [0.25, 0.3) is 0 Å². The largest absolute Gasteiger partial charge is 0.465 e. The molecule has 0 radical (unpaired) electrons. The summed E-state index contributed by atoms with van der Waals surface area (Å²) in [5.74, 6) is 1.89. The Kier molecular flexibility index (Phi) is 6.04. The van der Waals surface area contributed by atoms with Crippen molar-refractivity contribution in [2.24, 2.45) is 0 Å². The van der Waals surface area contributed by atoms with E-state index in [0.29, 0.717) is 23.2 Å². The van der Waals surface area contributed by atoms with Gasteiger partial charge in [-0.25, -0.2) is 14.8 Å². The molecular weight excluding hydrogens is 328 g/mol. The summed E-state index contributed by atoms with van der Waals surface area (Å²) in [6.07, 6.45) is 7.56. The van der Waals surface area contributed by atoms with Crippen LogP contribution in [0.2, 0.25) is 0 Å². The van der Waals surface area contributed by atoms with Gasteiger partial charge in [0, 0.05) is 17.8 Å². The number of methoxy groups -OCH3 is 1. The van der Waals surface area contributed by atoms with Gasteiger partial charge in [0.25, 0.3) is 0 Å². The summed E-state index contributed by atoms with van der Waals surface area (Å²) < 4.78 is 4.77. The minimum atomic E-state index is -0.358. The van der Waals surface area contributed by atoms with Crippen molar-refractivity contribution in [3.05, 3.63) is 41.7 Å². The zero-order chi connectivity index (χ0) is 18.4. The molecule has 1 fully saturated rings. The third-order valence-corrected chi connectivity index (χ3v) is 4.60.